The molecule has 8 heteroatoms. The first kappa shape index (κ1) is 20.4. The molecule has 1 aliphatic rings. The van der Waals surface area contributed by atoms with Gasteiger partial charge in [-0.15, -0.1) is 11.3 Å². The fraction of sp³-hybridized carbons (Fsp3) is 0.227. The SMILES string of the molecule is Cc1cc(C(=O)O)cc(S(=O)(=O)Nc2ccccc2N2CCc3sccc3C2)c1C. The number of hydrogen-bond donors (Lipinski definition) is 2. The van der Waals surface area contributed by atoms with E-state index in [2.05, 4.69) is 21.1 Å². The molecule has 0 aliphatic carbocycles. The van der Waals surface area contributed by atoms with Crippen molar-refractivity contribution in [3.63, 3.8) is 0 Å². The first-order valence-electron chi connectivity index (χ1n) is 9.53. The molecule has 2 heterocycles. The van der Waals surface area contributed by atoms with E-state index in [0.29, 0.717) is 16.8 Å². The van der Waals surface area contributed by atoms with Crippen LogP contribution in [0.4, 0.5) is 11.4 Å². The number of carboxylic acids is 1. The predicted octanol–water partition coefficient (Wildman–Crippen LogP) is 4.43. The highest BCUT2D eigenvalue weighted by Gasteiger charge is 2.24. The number of aromatic carboxylic acids is 1. The van der Waals surface area contributed by atoms with Crippen LogP contribution in [0.25, 0.3) is 0 Å². The molecule has 0 amide bonds. The molecule has 2 N–H and O–H groups in total. The first-order valence-corrected chi connectivity index (χ1v) is 11.9. The summed E-state index contributed by atoms with van der Waals surface area (Å²) in [5.41, 5.74) is 3.66. The fourth-order valence-electron chi connectivity index (χ4n) is 3.72. The average molecular weight is 443 g/mol. The third-order valence-corrected chi connectivity index (χ3v) is 7.97. The zero-order valence-electron chi connectivity index (χ0n) is 16.7. The molecule has 0 fully saturated rings. The van der Waals surface area contributed by atoms with E-state index in [9.17, 15) is 18.3 Å². The molecule has 6 nitrogen and oxygen atoms in total. The van der Waals surface area contributed by atoms with Gasteiger partial charge in [0.2, 0.25) is 0 Å². The number of aryl methyl sites for hydroxylation is 1. The molecule has 2 aromatic carbocycles. The van der Waals surface area contributed by atoms with Gasteiger partial charge in [0.1, 0.15) is 0 Å². The maximum absolute atomic E-state index is 13.2. The highest BCUT2D eigenvalue weighted by atomic mass is 32.2. The maximum Gasteiger partial charge on any atom is 0.335 e. The van der Waals surface area contributed by atoms with Gasteiger partial charge in [-0.3, -0.25) is 4.72 Å². The second-order valence-electron chi connectivity index (χ2n) is 7.38. The van der Waals surface area contributed by atoms with E-state index in [1.54, 1.807) is 37.3 Å². The normalized spacial score (nSPS) is 13.7. The Morgan fingerprint density at radius 1 is 1.17 bits per heavy atom. The van der Waals surface area contributed by atoms with Crippen molar-refractivity contribution in [3.05, 3.63) is 75.0 Å². The highest BCUT2D eigenvalue weighted by Crippen LogP contribution is 2.34. The molecule has 4 rings (SSSR count). The van der Waals surface area contributed by atoms with Crippen molar-refractivity contribution in [2.75, 3.05) is 16.2 Å². The Labute approximate surface area is 179 Å². The minimum absolute atomic E-state index is 0.0199. The van der Waals surface area contributed by atoms with Crippen molar-refractivity contribution in [2.45, 2.75) is 31.7 Å². The van der Waals surface area contributed by atoms with Gasteiger partial charge in [0.05, 0.1) is 21.8 Å². The Morgan fingerprint density at radius 2 is 1.93 bits per heavy atom. The van der Waals surface area contributed by atoms with Crippen LogP contribution in [0.5, 0.6) is 0 Å². The Balaban J connectivity index is 1.70. The van der Waals surface area contributed by atoms with E-state index in [0.717, 1.165) is 25.2 Å². The van der Waals surface area contributed by atoms with Crippen LogP contribution in [0, 0.1) is 13.8 Å². The van der Waals surface area contributed by atoms with Crippen molar-refractivity contribution >= 4 is 38.7 Å². The van der Waals surface area contributed by atoms with Crippen LogP contribution in [0.15, 0.2) is 52.7 Å². The summed E-state index contributed by atoms with van der Waals surface area (Å²) in [4.78, 5) is 14.9. The summed E-state index contributed by atoms with van der Waals surface area (Å²) in [6.45, 7) is 4.92. The van der Waals surface area contributed by atoms with E-state index in [1.165, 1.54) is 22.6 Å². The highest BCUT2D eigenvalue weighted by molar-refractivity contribution is 7.92. The van der Waals surface area contributed by atoms with E-state index < -0.39 is 16.0 Å². The lowest BCUT2D eigenvalue weighted by Gasteiger charge is -2.30. The number of carbonyl (C=O) groups is 1. The van der Waals surface area contributed by atoms with Gasteiger partial charge in [-0.1, -0.05) is 12.1 Å². The van der Waals surface area contributed by atoms with E-state index in [1.807, 2.05) is 12.1 Å². The summed E-state index contributed by atoms with van der Waals surface area (Å²) in [5, 5.41) is 11.4. The molecular weight excluding hydrogens is 420 g/mol. The van der Waals surface area contributed by atoms with Crippen LogP contribution in [0.2, 0.25) is 0 Å². The monoisotopic (exact) mass is 442 g/mol. The summed E-state index contributed by atoms with van der Waals surface area (Å²) in [5.74, 6) is -1.16. The number of anilines is 2. The van der Waals surface area contributed by atoms with Gasteiger partial charge in [-0.05, 0) is 72.7 Å². The second-order valence-corrected chi connectivity index (χ2v) is 10.0. The molecule has 30 heavy (non-hydrogen) atoms. The summed E-state index contributed by atoms with van der Waals surface area (Å²) in [7, 11) is -3.97. The topological polar surface area (TPSA) is 86.7 Å². The lowest BCUT2D eigenvalue weighted by atomic mass is 10.1. The van der Waals surface area contributed by atoms with Crippen LogP contribution < -0.4 is 9.62 Å². The smallest absolute Gasteiger partial charge is 0.335 e. The summed E-state index contributed by atoms with van der Waals surface area (Å²) >= 11 is 1.75. The predicted molar refractivity (Wildman–Crippen MR) is 119 cm³/mol. The molecule has 0 saturated heterocycles. The van der Waals surface area contributed by atoms with E-state index in [4.69, 9.17) is 0 Å². The van der Waals surface area contributed by atoms with Crippen molar-refractivity contribution < 1.29 is 18.3 Å². The molecule has 0 spiro atoms. The number of para-hydroxylation sites is 2. The second kappa shape index (κ2) is 7.77. The number of hydrogen-bond acceptors (Lipinski definition) is 5. The molecule has 0 radical (unpaired) electrons. The van der Waals surface area contributed by atoms with Crippen molar-refractivity contribution in [1.82, 2.24) is 0 Å². The molecule has 1 aromatic heterocycles. The molecule has 0 atom stereocenters. The van der Waals surface area contributed by atoms with E-state index >= 15 is 0 Å². The van der Waals surface area contributed by atoms with Gasteiger partial charge in [-0.25, -0.2) is 13.2 Å². The van der Waals surface area contributed by atoms with Gasteiger partial charge >= 0.3 is 5.97 Å². The van der Waals surface area contributed by atoms with Crippen molar-refractivity contribution in [2.24, 2.45) is 0 Å². The van der Waals surface area contributed by atoms with Crippen LogP contribution >= 0.6 is 11.3 Å². The first-order chi connectivity index (χ1) is 14.3. The lowest BCUT2D eigenvalue weighted by molar-refractivity contribution is 0.0696. The molecule has 0 unspecified atom stereocenters. The number of rotatable bonds is 5. The summed E-state index contributed by atoms with van der Waals surface area (Å²) in [6, 6.07) is 12.1. The fourth-order valence-corrected chi connectivity index (χ4v) is 6.03. The van der Waals surface area contributed by atoms with Crippen molar-refractivity contribution in [1.29, 1.82) is 0 Å². The summed E-state index contributed by atoms with van der Waals surface area (Å²) in [6.07, 6.45) is 0.924. The maximum atomic E-state index is 13.2. The minimum atomic E-state index is -3.97. The molecule has 3 aromatic rings. The number of fused-ring (bicyclic) bond motifs is 1. The minimum Gasteiger partial charge on any atom is -0.478 e. The van der Waals surface area contributed by atoms with Crippen LogP contribution in [0.1, 0.15) is 31.9 Å². The molecule has 1 aliphatic heterocycles. The van der Waals surface area contributed by atoms with Crippen LogP contribution in [-0.4, -0.2) is 26.0 Å². The standard InChI is InChI=1S/C22H22N2O4S2/c1-14-11-17(22(25)26)12-21(15(14)2)30(27,28)23-18-5-3-4-6-19(18)24-9-7-20-16(13-24)8-10-29-20/h3-6,8,10-12,23H,7,9,13H2,1-2H3,(H,25,26). The number of nitrogens with zero attached hydrogens (tertiary/aromatic N) is 1. The third-order valence-electron chi connectivity index (χ3n) is 5.45. The zero-order chi connectivity index (χ0) is 21.5. The number of carboxylic acid groups (broad SMARTS) is 1. The third kappa shape index (κ3) is 3.80. The zero-order valence-corrected chi connectivity index (χ0v) is 18.3. The number of nitrogens with one attached hydrogen (secondary N) is 1. The summed E-state index contributed by atoms with van der Waals surface area (Å²) < 4.78 is 29.1. The molecule has 156 valence electrons. The molecule has 0 saturated carbocycles. The van der Waals surface area contributed by atoms with Gasteiger partial charge < -0.3 is 10.0 Å². The van der Waals surface area contributed by atoms with Gasteiger partial charge in [-0.2, -0.15) is 0 Å². The molecule has 0 bridgehead atoms. The number of benzene rings is 2. The average Bonchev–Trinajstić information content (AvgIpc) is 3.17. The van der Waals surface area contributed by atoms with E-state index in [-0.39, 0.29) is 10.5 Å². The van der Waals surface area contributed by atoms with Gasteiger partial charge in [0, 0.05) is 18.0 Å². The largest absolute Gasteiger partial charge is 0.478 e. The lowest BCUT2D eigenvalue weighted by Crippen LogP contribution is -2.30. The Morgan fingerprint density at radius 3 is 2.70 bits per heavy atom. The quantitative estimate of drug-likeness (QED) is 0.611. The number of sulfonamides is 1. The van der Waals surface area contributed by atoms with Crippen molar-refractivity contribution in [3.8, 4) is 0 Å². The Hall–Kier alpha value is -2.84. The van der Waals surface area contributed by atoms with Gasteiger partial charge in [0.25, 0.3) is 10.0 Å². The molecular formula is C22H22N2O4S2. The van der Waals surface area contributed by atoms with Crippen LogP contribution in [-0.2, 0) is 23.0 Å². The van der Waals surface area contributed by atoms with Crippen LogP contribution in [0.3, 0.4) is 0 Å². The number of thiophene rings is 1. The Kier molecular flexibility index (Phi) is 5.29. The Bertz CT molecular complexity index is 1230. The van der Waals surface area contributed by atoms with Gasteiger partial charge in [0.15, 0.2) is 0 Å².